The van der Waals surface area contributed by atoms with Crippen LogP contribution in [-0.2, 0) is 11.3 Å². The lowest BCUT2D eigenvalue weighted by atomic mass is 10.1. The van der Waals surface area contributed by atoms with Crippen molar-refractivity contribution in [3.63, 3.8) is 0 Å². The van der Waals surface area contributed by atoms with Crippen LogP contribution in [0, 0.1) is 0 Å². The fourth-order valence-electron chi connectivity index (χ4n) is 2.82. The van der Waals surface area contributed by atoms with Crippen LogP contribution < -0.4 is 24.8 Å². The van der Waals surface area contributed by atoms with Crippen LogP contribution in [0.15, 0.2) is 17.1 Å². The molecule has 0 aromatic heterocycles. The summed E-state index contributed by atoms with van der Waals surface area (Å²) >= 11 is 0. The zero-order valence-electron chi connectivity index (χ0n) is 15.0. The van der Waals surface area contributed by atoms with Gasteiger partial charge in [0.15, 0.2) is 17.5 Å². The van der Waals surface area contributed by atoms with E-state index < -0.39 is 6.61 Å². The first-order valence-electron chi connectivity index (χ1n) is 8.67. The fourth-order valence-corrected chi connectivity index (χ4v) is 2.82. The monoisotopic (exact) mass is 499 g/mol. The predicted octanol–water partition coefficient (Wildman–Crippen LogP) is 2.87. The maximum atomic E-state index is 12.7. The molecule has 1 unspecified atom stereocenters. The molecule has 2 N–H and O–H groups in total. The minimum absolute atomic E-state index is 0. The van der Waals surface area contributed by atoms with Crippen molar-refractivity contribution in [2.45, 2.75) is 39.0 Å². The van der Waals surface area contributed by atoms with Crippen molar-refractivity contribution in [1.29, 1.82) is 0 Å². The van der Waals surface area contributed by atoms with E-state index >= 15 is 0 Å². The Labute approximate surface area is 173 Å². The van der Waals surface area contributed by atoms with Gasteiger partial charge in [0.05, 0.1) is 12.6 Å². The summed E-state index contributed by atoms with van der Waals surface area (Å²) in [5, 5.41) is 6.34. The zero-order valence-corrected chi connectivity index (χ0v) is 17.3. The molecular weight excluding hydrogens is 475 g/mol. The highest BCUT2D eigenvalue weighted by Gasteiger charge is 2.20. The Kier molecular flexibility index (Phi) is 8.61. The van der Waals surface area contributed by atoms with E-state index in [4.69, 9.17) is 14.2 Å². The molecule has 0 saturated carbocycles. The summed E-state index contributed by atoms with van der Waals surface area (Å²) in [5.74, 6) is 1.50. The van der Waals surface area contributed by atoms with Crippen molar-refractivity contribution < 1.29 is 27.7 Å². The van der Waals surface area contributed by atoms with Gasteiger partial charge in [-0.1, -0.05) is 0 Å². The molecule has 27 heavy (non-hydrogen) atoms. The van der Waals surface area contributed by atoms with E-state index in [2.05, 4.69) is 20.4 Å². The zero-order chi connectivity index (χ0) is 18.4. The van der Waals surface area contributed by atoms with Gasteiger partial charge in [0.25, 0.3) is 0 Å². The Bertz CT molecular complexity index is 643. The molecule has 10 heteroatoms. The molecule has 152 valence electrons. The summed E-state index contributed by atoms with van der Waals surface area (Å²) in [6.07, 6.45) is 2.24. The van der Waals surface area contributed by atoms with Gasteiger partial charge >= 0.3 is 6.61 Å². The molecule has 0 spiro atoms. The summed E-state index contributed by atoms with van der Waals surface area (Å²) < 4.78 is 46.1. The first-order valence-corrected chi connectivity index (χ1v) is 8.67. The van der Waals surface area contributed by atoms with Crippen molar-refractivity contribution in [2.24, 2.45) is 4.99 Å². The summed E-state index contributed by atoms with van der Waals surface area (Å²) in [4.78, 5) is 4.46. The first kappa shape index (κ1) is 21.7. The second-order valence-electron chi connectivity index (χ2n) is 5.90. The summed E-state index contributed by atoms with van der Waals surface area (Å²) in [5.41, 5.74) is 0.490. The minimum atomic E-state index is -2.93. The van der Waals surface area contributed by atoms with Crippen molar-refractivity contribution in [3.05, 3.63) is 17.7 Å². The van der Waals surface area contributed by atoms with Crippen molar-refractivity contribution in [3.8, 4) is 17.2 Å². The number of aliphatic imine (C=N–C) groups is 1. The Hall–Kier alpha value is -1.56. The summed E-state index contributed by atoms with van der Waals surface area (Å²) in [6.45, 7) is 1.35. The van der Waals surface area contributed by atoms with Gasteiger partial charge < -0.3 is 29.6 Å². The van der Waals surface area contributed by atoms with Crippen LogP contribution in [0.2, 0.25) is 0 Å². The van der Waals surface area contributed by atoms with E-state index in [1.165, 1.54) is 6.07 Å². The van der Waals surface area contributed by atoms with Crippen LogP contribution in [-0.4, -0.2) is 45.2 Å². The number of guanidine groups is 1. The van der Waals surface area contributed by atoms with Crippen LogP contribution in [0.5, 0.6) is 17.2 Å². The van der Waals surface area contributed by atoms with E-state index in [9.17, 15) is 8.78 Å². The third kappa shape index (κ3) is 6.23. The number of hydrogen-bond donors (Lipinski definition) is 2. The van der Waals surface area contributed by atoms with Gasteiger partial charge in [-0.2, -0.15) is 8.78 Å². The van der Waals surface area contributed by atoms with Crippen LogP contribution >= 0.6 is 24.0 Å². The highest BCUT2D eigenvalue weighted by molar-refractivity contribution is 14.0. The lowest BCUT2D eigenvalue weighted by molar-refractivity contribution is -0.0505. The highest BCUT2D eigenvalue weighted by Crippen LogP contribution is 2.39. The number of halogens is 3. The van der Waals surface area contributed by atoms with E-state index in [0.717, 1.165) is 19.4 Å². The van der Waals surface area contributed by atoms with Gasteiger partial charge in [-0.05, 0) is 25.8 Å². The number of rotatable bonds is 7. The smallest absolute Gasteiger partial charge is 0.387 e. The number of nitrogens with zero attached hydrogens (tertiary/aromatic N) is 1. The molecule has 2 aliphatic rings. The van der Waals surface area contributed by atoms with E-state index in [1.54, 1.807) is 6.07 Å². The van der Waals surface area contributed by atoms with Crippen molar-refractivity contribution in [1.82, 2.24) is 10.6 Å². The molecule has 0 aliphatic carbocycles. The standard InChI is InChI=1S/C17H23F2N3O4.HI/c1-2-20-17(22-9-12-4-3-5-23-12)21-8-11-6-14-15(25-10-24-14)7-13(11)26-16(18)19;/h6-7,12,16H,2-5,8-10H2,1H3,(H2,20,21,22);1H. The SMILES string of the molecule is CCNC(=NCc1cc2c(cc1OC(F)F)OCO2)NCC1CCCO1.I. The molecule has 1 saturated heterocycles. The number of ether oxygens (including phenoxy) is 4. The van der Waals surface area contributed by atoms with E-state index in [-0.39, 0.29) is 49.2 Å². The second-order valence-corrected chi connectivity index (χ2v) is 5.90. The quantitative estimate of drug-likeness (QED) is 0.342. The molecule has 0 amide bonds. The van der Waals surface area contributed by atoms with Crippen molar-refractivity contribution >= 4 is 29.9 Å². The van der Waals surface area contributed by atoms with Gasteiger partial charge in [-0.3, -0.25) is 0 Å². The lowest BCUT2D eigenvalue weighted by Crippen LogP contribution is -2.41. The number of hydrogen-bond acceptors (Lipinski definition) is 5. The largest absolute Gasteiger partial charge is 0.454 e. The molecule has 0 bridgehead atoms. The van der Waals surface area contributed by atoms with Gasteiger partial charge in [0.2, 0.25) is 6.79 Å². The van der Waals surface area contributed by atoms with Gasteiger partial charge in [0.1, 0.15) is 5.75 Å². The number of benzene rings is 1. The number of nitrogens with one attached hydrogen (secondary N) is 2. The minimum Gasteiger partial charge on any atom is -0.454 e. The maximum Gasteiger partial charge on any atom is 0.387 e. The average Bonchev–Trinajstić information content (AvgIpc) is 3.27. The third-order valence-electron chi connectivity index (χ3n) is 4.04. The molecule has 1 aromatic rings. The fraction of sp³-hybridized carbons (Fsp3) is 0.588. The molecule has 0 radical (unpaired) electrons. The van der Waals surface area contributed by atoms with E-state index in [1.807, 2.05) is 6.92 Å². The molecule has 1 fully saturated rings. The van der Waals surface area contributed by atoms with Gasteiger partial charge in [-0.25, -0.2) is 4.99 Å². The predicted molar refractivity (Wildman–Crippen MR) is 106 cm³/mol. The van der Waals surface area contributed by atoms with Crippen LogP contribution in [0.25, 0.3) is 0 Å². The van der Waals surface area contributed by atoms with Gasteiger partial charge in [0, 0.05) is 31.3 Å². The second kappa shape index (κ2) is 10.7. The van der Waals surface area contributed by atoms with Crippen LogP contribution in [0.3, 0.4) is 0 Å². The normalized spacial score (nSPS) is 18.4. The maximum absolute atomic E-state index is 12.7. The lowest BCUT2D eigenvalue weighted by Gasteiger charge is -2.15. The molecule has 1 atom stereocenters. The Morgan fingerprint density at radius 3 is 2.74 bits per heavy atom. The number of alkyl halides is 2. The molecule has 1 aromatic carbocycles. The number of fused-ring (bicyclic) bond motifs is 1. The summed E-state index contributed by atoms with van der Waals surface area (Å²) in [6, 6.07) is 3.03. The topological polar surface area (TPSA) is 73.3 Å². The highest BCUT2D eigenvalue weighted by atomic mass is 127. The molecule has 2 aliphatic heterocycles. The molecular formula is C17H24F2IN3O4. The Morgan fingerprint density at radius 1 is 1.30 bits per heavy atom. The first-order chi connectivity index (χ1) is 12.7. The average molecular weight is 499 g/mol. The van der Waals surface area contributed by atoms with Crippen LogP contribution in [0.1, 0.15) is 25.3 Å². The van der Waals surface area contributed by atoms with Crippen LogP contribution in [0.4, 0.5) is 8.78 Å². The molecule has 3 rings (SSSR count). The van der Waals surface area contributed by atoms with Gasteiger partial charge in [-0.15, -0.1) is 24.0 Å². The molecule has 2 heterocycles. The summed E-state index contributed by atoms with van der Waals surface area (Å²) in [7, 11) is 0. The Morgan fingerprint density at radius 2 is 2.07 bits per heavy atom. The molecule has 7 nitrogen and oxygen atoms in total. The van der Waals surface area contributed by atoms with E-state index in [0.29, 0.717) is 36.1 Å². The van der Waals surface area contributed by atoms with Crippen molar-refractivity contribution in [2.75, 3.05) is 26.5 Å². The Balaban J connectivity index is 0.00000261. The third-order valence-corrected chi connectivity index (χ3v) is 4.04.